The highest BCUT2D eigenvalue weighted by Gasteiger charge is 2.21. The molecule has 0 aliphatic carbocycles. The lowest BCUT2D eigenvalue weighted by molar-refractivity contribution is 0.819. The lowest BCUT2D eigenvalue weighted by atomic mass is 10.1. The molecule has 9 heteroatoms. The van der Waals surface area contributed by atoms with Gasteiger partial charge in [-0.15, -0.1) is 0 Å². The van der Waals surface area contributed by atoms with Crippen molar-refractivity contribution in [2.45, 2.75) is 25.9 Å². The summed E-state index contributed by atoms with van der Waals surface area (Å²) in [5.74, 6) is 0.580. The molecular weight excluding hydrogens is 594 g/mol. The van der Waals surface area contributed by atoms with Gasteiger partial charge in [0.05, 0.1) is 43.7 Å². The number of hydrogen-bond acceptors (Lipinski definition) is 5. The summed E-state index contributed by atoms with van der Waals surface area (Å²) < 4.78 is 0. The van der Waals surface area contributed by atoms with Crippen molar-refractivity contribution in [3.05, 3.63) is 171 Å². The van der Waals surface area contributed by atoms with Crippen molar-refractivity contribution >= 4 is 22.9 Å². The van der Waals surface area contributed by atoms with Crippen LogP contribution >= 0.6 is 0 Å². The van der Waals surface area contributed by atoms with Crippen LogP contribution in [0.5, 0.6) is 0 Å². The standard InChI is InChI=1S/C14H17N5.C13H12N4.C12H4/c1-16-14(15)11-3-2-10-4-5-19(13(10)6-11)8-12-7-17-9-18-12;1-14-11-3-2-10-4-5-17(13(10)6-11)8-12-7-15-9-16-12;1-3-5-7-9-11-12-10-8-6-4-2/h2-3,6-7,9H,4-5,8H2,1H3,(H2,15,16)(H,17,18);2-3,6-7,9H,4-5,8H2,(H,15,16);1-2H2. The summed E-state index contributed by atoms with van der Waals surface area (Å²) in [4.78, 5) is 26.5. The molecule has 0 fully saturated rings. The summed E-state index contributed by atoms with van der Waals surface area (Å²) >= 11 is 0. The number of nitrogens with one attached hydrogen (secondary N) is 2. The minimum atomic E-state index is 0.580. The minimum Gasteiger partial charge on any atom is -0.384 e. The normalized spacial score (nSPS) is 11.5. The average molecular weight is 628 g/mol. The molecule has 0 bridgehead atoms. The third-order valence-electron chi connectivity index (χ3n) is 7.25. The molecule has 2 aromatic heterocycles. The Balaban J connectivity index is 0.000000168. The van der Waals surface area contributed by atoms with Crippen LogP contribution in [0.15, 0.2) is 137 Å². The zero-order chi connectivity index (χ0) is 34.0. The molecule has 0 spiro atoms. The van der Waals surface area contributed by atoms with Crippen LogP contribution in [0.3, 0.4) is 0 Å². The predicted octanol–water partition coefficient (Wildman–Crippen LogP) is 6.18. The fourth-order valence-electron chi connectivity index (χ4n) is 5.00. The van der Waals surface area contributed by atoms with E-state index in [0.29, 0.717) is 11.5 Å². The van der Waals surface area contributed by atoms with Crippen LogP contribution in [-0.4, -0.2) is 45.9 Å². The van der Waals surface area contributed by atoms with Gasteiger partial charge < -0.3 is 25.5 Å². The zero-order valence-corrected chi connectivity index (χ0v) is 26.7. The maximum Gasteiger partial charge on any atom is 0.189 e. The summed E-state index contributed by atoms with van der Waals surface area (Å²) in [5.41, 5.74) is 39.4. The van der Waals surface area contributed by atoms with Crippen molar-refractivity contribution in [1.29, 1.82) is 0 Å². The van der Waals surface area contributed by atoms with Gasteiger partial charge in [-0.3, -0.25) is 4.99 Å². The Bertz CT molecular complexity index is 2120. The Labute approximate surface area is 280 Å². The third-order valence-corrected chi connectivity index (χ3v) is 7.25. The maximum atomic E-state index is 7.06. The number of nitrogens with two attached hydrogens (primary N) is 1. The first-order valence-corrected chi connectivity index (χ1v) is 14.9. The largest absolute Gasteiger partial charge is 0.384 e. The molecule has 4 aromatic rings. The van der Waals surface area contributed by atoms with Gasteiger partial charge in [-0.2, -0.15) is 0 Å². The van der Waals surface area contributed by atoms with Crippen molar-refractivity contribution in [2.24, 2.45) is 10.7 Å². The molecule has 0 unspecified atom stereocenters. The fourth-order valence-corrected chi connectivity index (χ4v) is 5.00. The lowest BCUT2D eigenvalue weighted by Gasteiger charge is -2.19. The number of rotatable bonds is 5. The topological polar surface area (TPSA) is 107 Å². The van der Waals surface area contributed by atoms with E-state index in [4.69, 9.17) is 12.3 Å². The van der Waals surface area contributed by atoms with Crippen molar-refractivity contribution in [1.82, 2.24) is 19.9 Å². The van der Waals surface area contributed by atoms with Crippen LogP contribution in [0.4, 0.5) is 17.1 Å². The van der Waals surface area contributed by atoms with Gasteiger partial charge in [-0.1, -0.05) is 35.7 Å². The fraction of sp³-hybridized carbons (Fsp3) is 0.179. The van der Waals surface area contributed by atoms with Gasteiger partial charge in [0.1, 0.15) is 5.84 Å². The second kappa shape index (κ2) is 18.1. The smallest absolute Gasteiger partial charge is 0.189 e. The van der Waals surface area contributed by atoms with Gasteiger partial charge in [0.15, 0.2) is 5.69 Å². The molecule has 2 aliphatic heterocycles. The van der Waals surface area contributed by atoms with Crippen LogP contribution < -0.4 is 15.5 Å². The Morgan fingerprint density at radius 1 is 0.812 bits per heavy atom. The second-order valence-electron chi connectivity index (χ2n) is 10.2. The number of aromatic nitrogens is 4. The molecule has 0 saturated heterocycles. The third kappa shape index (κ3) is 9.73. The number of hydrogen-bond donors (Lipinski definition) is 3. The van der Waals surface area contributed by atoms with Gasteiger partial charge >= 0.3 is 0 Å². The summed E-state index contributed by atoms with van der Waals surface area (Å²) in [5, 5.41) is 0. The van der Waals surface area contributed by atoms with Crippen LogP contribution in [0, 0.1) is 6.57 Å². The predicted molar refractivity (Wildman–Crippen MR) is 189 cm³/mol. The lowest BCUT2D eigenvalue weighted by Crippen LogP contribution is -2.20. The summed E-state index contributed by atoms with van der Waals surface area (Å²) in [6.45, 7) is 17.3. The van der Waals surface area contributed by atoms with E-state index in [-0.39, 0.29) is 0 Å². The number of nitrogens with zero attached hydrogens (tertiary/aromatic N) is 6. The Hall–Kier alpha value is -7.04. The van der Waals surface area contributed by atoms with Crippen LogP contribution in [-0.2, 0) is 25.9 Å². The molecule has 9 nitrogen and oxygen atoms in total. The quantitative estimate of drug-likeness (QED) is 0.106. The van der Waals surface area contributed by atoms with E-state index >= 15 is 0 Å². The van der Waals surface area contributed by atoms with Crippen LogP contribution in [0.1, 0.15) is 28.1 Å². The Morgan fingerprint density at radius 2 is 1.31 bits per heavy atom. The number of H-pyrrole nitrogens is 2. The summed E-state index contributed by atoms with van der Waals surface area (Å²) in [7, 11) is 1.71. The highest BCUT2D eigenvalue weighted by molar-refractivity contribution is 5.98. The monoisotopic (exact) mass is 627 g/mol. The van der Waals surface area contributed by atoms with Gasteiger partial charge in [0, 0.05) is 49.5 Å². The summed E-state index contributed by atoms with van der Waals surface area (Å²) in [6, 6.07) is 12.3. The number of amidine groups is 1. The molecular formula is C39H33N9. The summed E-state index contributed by atoms with van der Waals surface area (Å²) in [6.07, 6.45) is 9.25. The number of aliphatic imine (C=N–C) groups is 1. The number of benzene rings is 2. The molecule has 2 aromatic carbocycles. The number of imidazole rings is 2. The Kier molecular flexibility index (Phi) is 12.7. The highest BCUT2D eigenvalue weighted by Crippen LogP contribution is 2.33. The number of fused-ring (bicyclic) bond motifs is 2. The second-order valence-corrected chi connectivity index (χ2v) is 10.2. The number of anilines is 2. The van der Waals surface area contributed by atoms with E-state index in [2.05, 4.69) is 128 Å². The molecule has 0 saturated carbocycles. The average Bonchev–Trinajstić information content (AvgIpc) is 3.96. The zero-order valence-electron chi connectivity index (χ0n) is 26.7. The number of aromatic amines is 2. The highest BCUT2D eigenvalue weighted by atomic mass is 15.2. The van der Waals surface area contributed by atoms with E-state index in [9.17, 15) is 0 Å². The first-order valence-electron chi connectivity index (χ1n) is 14.9. The van der Waals surface area contributed by atoms with E-state index in [1.54, 1.807) is 19.7 Å². The minimum absolute atomic E-state index is 0.580. The first kappa shape index (κ1) is 33.8. The van der Waals surface area contributed by atoms with E-state index in [1.165, 1.54) is 22.5 Å². The van der Waals surface area contributed by atoms with E-state index in [1.807, 2.05) is 30.6 Å². The molecule has 0 atom stereocenters. The van der Waals surface area contributed by atoms with Crippen molar-refractivity contribution < 1.29 is 0 Å². The first-order chi connectivity index (χ1) is 23.6. The molecule has 6 rings (SSSR count). The van der Waals surface area contributed by atoms with Gasteiger partial charge in [-0.25, -0.2) is 14.8 Å². The van der Waals surface area contributed by atoms with E-state index < -0.39 is 0 Å². The molecule has 4 N–H and O–H groups in total. The van der Waals surface area contributed by atoms with Crippen molar-refractivity contribution in [2.75, 3.05) is 29.9 Å². The van der Waals surface area contributed by atoms with Crippen molar-refractivity contribution in [3.63, 3.8) is 0 Å². The molecule has 4 heterocycles. The van der Waals surface area contributed by atoms with Crippen LogP contribution in [0.25, 0.3) is 4.85 Å². The molecule has 0 radical (unpaired) electrons. The van der Waals surface area contributed by atoms with E-state index in [0.717, 1.165) is 56.0 Å². The van der Waals surface area contributed by atoms with Crippen LogP contribution in [0.2, 0.25) is 0 Å². The molecule has 0 amide bonds. The molecule has 48 heavy (non-hydrogen) atoms. The van der Waals surface area contributed by atoms with Gasteiger partial charge in [0.2, 0.25) is 0 Å². The maximum absolute atomic E-state index is 7.06. The van der Waals surface area contributed by atoms with Crippen molar-refractivity contribution in [3.8, 4) is 0 Å². The van der Waals surface area contributed by atoms with Gasteiger partial charge in [-0.05, 0) is 95.1 Å². The SMILES string of the molecule is C=C=C=C=C=C=C=C=C=C=C=C.CN=C(N)c1ccc2c(c1)N(Cc1cnc[nH]1)CC2.[C-]#[N+]c1ccc2c(c1)N(Cc1cnc[nH]1)CC2. The van der Waals surface area contributed by atoms with Gasteiger partial charge in [0.25, 0.3) is 0 Å². The Morgan fingerprint density at radius 3 is 1.77 bits per heavy atom. The molecule has 234 valence electrons. The molecule has 2 aliphatic rings.